The minimum Gasteiger partial charge on any atom is -0.321 e. The average Bonchev–Trinajstić information content (AvgIpc) is 2.90. The molecule has 0 fully saturated rings. The van der Waals surface area contributed by atoms with Gasteiger partial charge in [-0.2, -0.15) is 5.10 Å². The molecule has 0 saturated carbocycles. The molecule has 3 N–H and O–H groups in total. The topological polar surface area (TPSA) is 85.8 Å². The highest BCUT2D eigenvalue weighted by atomic mass is 79.9. The number of benzene rings is 3. The molecule has 0 bridgehead atoms. The van der Waals surface area contributed by atoms with Gasteiger partial charge in [0.2, 0.25) is 0 Å². The van der Waals surface area contributed by atoms with Crippen molar-refractivity contribution in [3.63, 3.8) is 0 Å². The second-order valence-corrected chi connectivity index (χ2v) is 9.57. The van der Waals surface area contributed by atoms with Gasteiger partial charge in [-0.3, -0.25) is 9.59 Å². The van der Waals surface area contributed by atoms with E-state index in [2.05, 4.69) is 55.8 Å². The van der Waals surface area contributed by atoms with E-state index in [9.17, 15) is 9.59 Å². The van der Waals surface area contributed by atoms with Crippen molar-refractivity contribution in [2.45, 2.75) is 27.3 Å². The minimum absolute atomic E-state index is 0.291. The highest BCUT2D eigenvalue weighted by molar-refractivity contribution is 9.10. The second kappa shape index (κ2) is 14.4. The lowest BCUT2D eigenvalue weighted by molar-refractivity contribution is 0.0956. The highest BCUT2D eigenvalue weighted by Crippen LogP contribution is 2.22. The number of amides is 2. The van der Waals surface area contributed by atoms with Gasteiger partial charge in [-0.15, -0.1) is 0 Å². The Kier molecular flexibility index (Phi) is 11.0. The second-order valence-electron chi connectivity index (χ2n) is 8.66. The van der Waals surface area contributed by atoms with Crippen LogP contribution in [0.5, 0.6) is 0 Å². The molecule has 0 heterocycles. The van der Waals surface area contributed by atoms with Crippen LogP contribution in [0.1, 0.15) is 51.3 Å². The van der Waals surface area contributed by atoms with Crippen molar-refractivity contribution in [3.05, 3.63) is 99.0 Å². The van der Waals surface area contributed by atoms with Gasteiger partial charge in [0.1, 0.15) is 0 Å². The molecule has 3 aromatic carbocycles. The van der Waals surface area contributed by atoms with Gasteiger partial charge >= 0.3 is 0 Å². The van der Waals surface area contributed by atoms with E-state index >= 15 is 0 Å². The maximum atomic E-state index is 12.9. The molecule has 2 amide bonds. The summed E-state index contributed by atoms with van der Waals surface area (Å²) in [6, 6.07) is 20.4. The van der Waals surface area contributed by atoms with Crippen molar-refractivity contribution in [1.82, 2.24) is 15.6 Å². The van der Waals surface area contributed by atoms with Crippen LogP contribution in [0, 0.1) is 6.92 Å². The Morgan fingerprint density at radius 1 is 0.973 bits per heavy atom. The summed E-state index contributed by atoms with van der Waals surface area (Å²) in [4.78, 5) is 28.1. The largest absolute Gasteiger partial charge is 0.321 e. The van der Waals surface area contributed by atoms with Crippen LogP contribution >= 0.6 is 15.9 Å². The monoisotopic (exact) mass is 563 g/mol. The SMILES string of the molecule is CCN(CC)CCNCc1ccc(C(=O)Nc2ccc(Br)cc2C(=O)N/N=C/c2cccc(C)c2)cc1. The van der Waals surface area contributed by atoms with E-state index in [-0.39, 0.29) is 5.91 Å². The molecule has 0 saturated heterocycles. The summed E-state index contributed by atoms with van der Waals surface area (Å²) in [7, 11) is 0. The molecule has 37 heavy (non-hydrogen) atoms. The Morgan fingerprint density at radius 3 is 2.43 bits per heavy atom. The summed E-state index contributed by atoms with van der Waals surface area (Å²) in [5, 5.41) is 10.4. The van der Waals surface area contributed by atoms with Gasteiger partial charge in [0.15, 0.2) is 0 Å². The standard InChI is InChI=1S/C29H34BrN5O2/c1-4-35(5-2)16-15-31-19-22-9-11-24(12-10-22)28(36)33-27-14-13-25(30)18-26(27)29(37)34-32-20-23-8-6-7-21(3)17-23/h6-14,17-18,20,31H,4-5,15-16,19H2,1-3H3,(H,33,36)(H,34,37)/b32-20+. The normalized spacial score (nSPS) is 11.2. The van der Waals surface area contributed by atoms with Crippen LogP contribution in [0.4, 0.5) is 5.69 Å². The third kappa shape index (κ3) is 8.93. The molecule has 194 valence electrons. The van der Waals surface area contributed by atoms with Gasteiger partial charge in [0.05, 0.1) is 17.5 Å². The van der Waals surface area contributed by atoms with Crippen LogP contribution < -0.4 is 16.1 Å². The van der Waals surface area contributed by atoms with Crippen LogP contribution in [-0.4, -0.2) is 49.1 Å². The van der Waals surface area contributed by atoms with E-state index in [4.69, 9.17) is 0 Å². The fourth-order valence-corrected chi connectivity index (χ4v) is 4.13. The number of halogens is 1. The summed E-state index contributed by atoms with van der Waals surface area (Å²) < 4.78 is 0.719. The Hall–Kier alpha value is -3.33. The Labute approximate surface area is 227 Å². The highest BCUT2D eigenvalue weighted by Gasteiger charge is 2.15. The molecule has 3 aromatic rings. The van der Waals surface area contributed by atoms with Crippen LogP contribution in [0.15, 0.2) is 76.3 Å². The van der Waals surface area contributed by atoms with Gasteiger partial charge in [-0.1, -0.05) is 71.7 Å². The molecule has 0 aliphatic rings. The molecular weight excluding hydrogens is 530 g/mol. The molecule has 0 unspecified atom stereocenters. The minimum atomic E-state index is -0.424. The number of hydrazone groups is 1. The van der Waals surface area contributed by atoms with Gasteiger partial charge in [-0.25, -0.2) is 5.43 Å². The van der Waals surface area contributed by atoms with Crippen molar-refractivity contribution < 1.29 is 9.59 Å². The molecule has 0 atom stereocenters. The maximum absolute atomic E-state index is 12.9. The zero-order chi connectivity index (χ0) is 26.6. The Morgan fingerprint density at radius 2 is 1.73 bits per heavy atom. The first-order chi connectivity index (χ1) is 17.9. The lowest BCUT2D eigenvalue weighted by atomic mass is 10.1. The fourth-order valence-electron chi connectivity index (χ4n) is 3.77. The molecule has 0 aromatic heterocycles. The fraction of sp³-hybridized carbons (Fsp3) is 0.276. The molecule has 0 spiro atoms. The van der Waals surface area contributed by atoms with Crippen molar-refractivity contribution in [2.75, 3.05) is 31.5 Å². The number of hydrogen-bond acceptors (Lipinski definition) is 5. The predicted molar refractivity (Wildman–Crippen MR) is 154 cm³/mol. The quantitative estimate of drug-likeness (QED) is 0.160. The van der Waals surface area contributed by atoms with E-state index in [0.717, 1.165) is 53.9 Å². The zero-order valence-corrected chi connectivity index (χ0v) is 23.1. The van der Waals surface area contributed by atoms with Crippen molar-refractivity contribution in [1.29, 1.82) is 0 Å². The third-order valence-electron chi connectivity index (χ3n) is 5.94. The molecule has 0 aliphatic carbocycles. The molecule has 3 rings (SSSR count). The first kappa shape index (κ1) is 28.2. The van der Waals surface area contributed by atoms with Gasteiger partial charge in [0.25, 0.3) is 11.8 Å². The van der Waals surface area contributed by atoms with Crippen LogP contribution in [-0.2, 0) is 6.54 Å². The number of nitrogens with zero attached hydrogens (tertiary/aromatic N) is 2. The van der Waals surface area contributed by atoms with E-state index in [0.29, 0.717) is 16.8 Å². The molecule has 0 radical (unpaired) electrons. The summed E-state index contributed by atoms with van der Waals surface area (Å²) in [5.41, 5.74) is 6.85. The zero-order valence-electron chi connectivity index (χ0n) is 21.6. The maximum Gasteiger partial charge on any atom is 0.273 e. The smallest absolute Gasteiger partial charge is 0.273 e. The van der Waals surface area contributed by atoms with Crippen LogP contribution in [0.3, 0.4) is 0 Å². The van der Waals surface area contributed by atoms with Crippen LogP contribution in [0.2, 0.25) is 0 Å². The first-order valence-corrected chi connectivity index (χ1v) is 13.2. The van der Waals surface area contributed by atoms with Gasteiger partial charge in [0, 0.05) is 29.7 Å². The summed E-state index contributed by atoms with van der Waals surface area (Å²) in [5.74, 6) is -0.715. The summed E-state index contributed by atoms with van der Waals surface area (Å²) in [6.07, 6.45) is 1.58. The molecule has 7 nitrogen and oxygen atoms in total. The summed E-state index contributed by atoms with van der Waals surface area (Å²) in [6.45, 7) is 11.1. The van der Waals surface area contributed by atoms with E-state index < -0.39 is 5.91 Å². The van der Waals surface area contributed by atoms with Crippen LogP contribution in [0.25, 0.3) is 0 Å². The molecule has 8 heteroatoms. The number of carbonyl (C=O) groups is 2. The van der Waals surface area contributed by atoms with Gasteiger partial charge < -0.3 is 15.5 Å². The number of aryl methyl sites for hydroxylation is 1. The van der Waals surface area contributed by atoms with Crippen molar-refractivity contribution >= 4 is 39.6 Å². The first-order valence-electron chi connectivity index (χ1n) is 12.4. The lowest BCUT2D eigenvalue weighted by Gasteiger charge is -2.18. The average molecular weight is 565 g/mol. The van der Waals surface area contributed by atoms with Crippen molar-refractivity contribution in [3.8, 4) is 0 Å². The lowest BCUT2D eigenvalue weighted by Crippen LogP contribution is -2.31. The molecule has 0 aliphatic heterocycles. The van der Waals surface area contributed by atoms with E-state index in [1.807, 2.05) is 43.3 Å². The Bertz CT molecular complexity index is 1220. The molecular formula is C29H34BrN5O2. The number of nitrogens with one attached hydrogen (secondary N) is 3. The third-order valence-corrected chi connectivity index (χ3v) is 6.43. The van der Waals surface area contributed by atoms with Gasteiger partial charge in [-0.05, 0) is 61.5 Å². The predicted octanol–water partition coefficient (Wildman–Crippen LogP) is 5.21. The summed E-state index contributed by atoms with van der Waals surface area (Å²) >= 11 is 3.40. The van der Waals surface area contributed by atoms with Crippen molar-refractivity contribution in [2.24, 2.45) is 5.10 Å². The number of anilines is 1. The number of hydrogen-bond donors (Lipinski definition) is 3. The number of likely N-dealkylation sites (N-methyl/N-ethyl adjacent to an activating group) is 1. The van der Waals surface area contributed by atoms with E-state index in [1.54, 1.807) is 36.5 Å². The Balaban J connectivity index is 1.60. The number of carbonyl (C=O) groups excluding carboxylic acids is 2. The van der Waals surface area contributed by atoms with E-state index in [1.165, 1.54) is 0 Å². The number of rotatable bonds is 12.